The van der Waals surface area contributed by atoms with Gasteiger partial charge in [0, 0.05) is 19.4 Å². The summed E-state index contributed by atoms with van der Waals surface area (Å²) in [5.74, 6) is 0.603. The van der Waals surface area contributed by atoms with Gasteiger partial charge in [0.05, 0.1) is 6.61 Å². The Kier molecular flexibility index (Phi) is 7.39. The van der Waals surface area contributed by atoms with E-state index in [2.05, 4.69) is 34.1 Å². The van der Waals surface area contributed by atoms with Gasteiger partial charge in [-0.15, -0.1) is 21.5 Å². The van der Waals surface area contributed by atoms with Crippen LogP contribution in [0.25, 0.3) is 0 Å². The first-order chi connectivity index (χ1) is 9.37. The van der Waals surface area contributed by atoms with Crippen LogP contribution in [0, 0.1) is 5.92 Å². The number of nitrogens with one attached hydrogen (secondary N) is 1. The second kappa shape index (κ2) is 8.53. The fourth-order valence-corrected chi connectivity index (χ4v) is 2.25. The third-order valence-corrected chi connectivity index (χ3v) is 3.35. The maximum atomic E-state index is 11.9. The van der Waals surface area contributed by atoms with Crippen molar-refractivity contribution in [2.75, 3.05) is 26.3 Å². The Bertz CT molecular complexity index is 382. The second-order valence-corrected chi connectivity index (χ2v) is 6.00. The van der Waals surface area contributed by atoms with Crippen molar-refractivity contribution in [2.45, 2.75) is 32.9 Å². The quantitative estimate of drug-likeness (QED) is 0.712. The summed E-state index contributed by atoms with van der Waals surface area (Å²) in [6, 6.07) is 0. The number of hydrogen-bond acceptors (Lipinski definition) is 5. The van der Waals surface area contributed by atoms with E-state index < -0.39 is 12.8 Å². The lowest BCUT2D eigenvalue weighted by molar-refractivity contribution is -0.173. The van der Waals surface area contributed by atoms with Crippen LogP contribution in [0.5, 0.6) is 0 Å². The smallest absolute Gasteiger partial charge is 0.372 e. The molecule has 1 aromatic heterocycles. The van der Waals surface area contributed by atoms with E-state index in [1.165, 1.54) is 11.3 Å². The lowest BCUT2D eigenvalue weighted by Gasteiger charge is -2.06. The molecule has 20 heavy (non-hydrogen) atoms. The Balaban J connectivity index is 2.16. The number of ether oxygens (including phenoxy) is 1. The summed E-state index contributed by atoms with van der Waals surface area (Å²) < 4.78 is 40.1. The maximum Gasteiger partial charge on any atom is 0.411 e. The molecule has 0 radical (unpaired) electrons. The molecule has 0 bridgehead atoms. The first-order valence-corrected chi connectivity index (χ1v) is 7.35. The number of rotatable bonds is 9. The first-order valence-electron chi connectivity index (χ1n) is 6.53. The molecule has 1 rings (SSSR count). The number of hydrogen-bond donors (Lipinski definition) is 1. The fourth-order valence-electron chi connectivity index (χ4n) is 1.42. The fraction of sp³-hybridized carbons (Fsp3) is 0.833. The van der Waals surface area contributed by atoms with E-state index in [1.54, 1.807) is 0 Å². The van der Waals surface area contributed by atoms with Crippen LogP contribution in [0.1, 0.15) is 23.9 Å². The standard InChI is InChI=1S/C12H20F3N3OS/c1-9(2)7-16-5-3-10-17-18-11(20-10)4-6-19-8-12(13,14)15/h9,16H,3-8H2,1-2H3. The van der Waals surface area contributed by atoms with Crippen molar-refractivity contribution in [1.82, 2.24) is 15.5 Å². The topological polar surface area (TPSA) is 47.0 Å². The highest BCUT2D eigenvalue weighted by Gasteiger charge is 2.27. The van der Waals surface area contributed by atoms with E-state index in [-0.39, 0.29) is 6.61 Å². The van der Waals surface area contributed by atoms with Gasteiger partial charge < -0.3 is 10.1 Å². The SMILES string of the molecule is CC(C)CNCCc1nnc(CCOCC(F)(F)F)s1. The summed E-state index contributed by atoms with van der Waals surface area (Å²) in [5, 5.41) is 12.9. The number of alkyl halides is 3. The van der Waals surface area contributed by atoms with Crippen LogP contribution >= 0.6 is 11.3 Å². The van der Waals surface area contributed by atoms with Gasteiger partial charge in [-0.3, -0.25) is 0 Å². The average Bonchev–Trinajstić information content (AvgIpc) is 2.77. The molecule has 0 fully saturated rings. The molecule has 0 aliphatic rings. The van der Waals surface area contributed by atoms with E-state index >= 15 is 0 Å². The molecular formula is C12H20F3N3OS. The molecule has 0 spiro atoms. The molecule has 0 aliphatic heterocycles. The van der Waals surface area contributed by atoms with Gasteiger partial charge in [-0.05, 0) is 12.5 Å². The molecule has 0 saturated carbocycles. The molecule has 0 unspecified atom stereocenters. The summed E-state index contributed by atoms with van der Waals surface area (Å²) in [7, 11) is 0. The number of nitrogens with zero attached hydrogens (tertiary/aromatic N) is 2. The molecule has 1 N–H and O–H groups in total. The summed E-state index contributed by atoms with van der Waals surface area (Å²) in [6.07, 6.45) is -3.12. The summed E-state index contributed by atoms with van der Waals surface area (Å²) in [6.45, 7) is 4.86. The van der Waals surface area contributed by atoms with Crippen molar-refractivity contribution in [3.63, 3.8) is 0 Å². The van der Waals surface area contributed by atoms with E-state index in [9.17, 15) is 13.2 Å². The molecular weight excluding hydrogens is 291 g/mol. The zero-order valence-electron chi connectivity index (χ0n) is 11.7. The third-order valence-electron chi connectivity index (χ3n) is 2.30. The first kappa shape index (κ1) is 17.3. The van der Waals surface area contributed by atoms with Crippen LogP contribution in [0.3, 0.4) is 0 Å². The average molecular weight is 311 g/mol. The summed E-state index contributed by atoms with van der Waals surface area (Å²) >= 11 is 1.43. The van der Waals surface area contributed by atoms with Crippen LogP contribution in [-0.4, -0.2) is 42.7 Å². The van der Waals surface area contributed by atoms with E-state index in [4.69, 9.17) is 0 Å². The third kappa shape index (κ3) is 8.44. The van der Waals surface area contributed by atoms with Crippen LogP contribution in [-0.2, 0) is 17.6 Å². The second-order valence-electron chi connectivity index (χ2n) is 4.86. The molecule has 8 heteroatoms. The van der Waals surface area contributed by atoms with Crippen LogP contribution in [0.4, 0.5) is 13.2 Å². The van der Waals surface area contributed by atoms with E-state index in [1.807, 2.05) is 0 Å². The molecule has 116 valence electrons. The van der Waals surface area contributed by atoms with Gasteiger partial charge in [0.15, 0.2) is 0 Å². The van der Waals surface area contributed by atoms with Gasteiger partial charge in [-0.1, -0.05) is 13.8 Å². The van der Waals surface area contributed by atoms with Gasteiger partial charge in [-0.25, -0.2) is 0 Å². The zero-order chi connectivity index (χ0) is 15.0. The minimum Gasteiger partial charge on any atom is -0.372 e. The Labute approximate surface area is 120 Å². The van der Waals surface area contributed by atoms with E-state index in [0.29, 0.717) is 17.3 Å². The molecule has 0 atom stereocenters. The highest BCUT2D eigenvalue weighted by Crippen LogP contribution is 2.15. The Morgan fingerprint density at radius 1 is 1.20 bits per heavy atom. The predicted octanol–water partition coefficient (Wildman–Crippen LogP) is 2.45. The normalized spacial score (nSPS) is 12.3. The van der Waals surface area contributed by atoms with Crippen LogP contribution < -0.4 is 5.32 Å². The molecule has 4 nitrogen and oxygen atoms in total. The molecule has 0 aliphatic carbocycles. The molecule has 0 saturated heterocycles. The van der Waals surface area contributed by atoms with Crippen molar-refractivity contribution in [1.29, 1.82) is 0 Å². The lowest BCUT2D eigenvalue weighted by atomic mass is 10.2. The number of halogens is 3. The highest BCUT2D eigenvalue weighted by atomic mass is 32.1. The van der Waals surface area contributed by atoms with Crippen LogP contribution in [0.2, 0.25) is 0 Å². The zero-order valence-corrected chi connectivity index (χ0v) is 12.5. The summed E-state index contributed by atoms with van der Waals surface area (Å²) in [4.78, 5) is 0. The lowest BCUT2D eigenvalue weighted by Crippen LogP contribution is -2.22. The van der Waals surface area contributed by atoms with Crippen molar-refractivity contribution in [3.05, 3.63) is 10.0 Å². The minimum absolute atomic E-state index is 0.0136. The van der Waals surface area contributed by atoms with Gasteiger partial charge in [0.2, 0.25) is 0 Å². The monoisotopic (exact) mass is 311 g/mol. The molecule has 0 aromatic carbocycles. The minimum atomic E-state index is -4.27. The van der Waals surface area contributed by atoms with Gasteiger partial charge in [0.25, 0.3) is 0 Å². The predicted molar refractivity (Wildman–Crippen MR) is 71.9 cm³/mol. The Morgan fingerprint density at radius 3 is 2.45 bits per heavy atom. The Hall–Kier alpha value is -0.730. The molecule has 1 heterocycles. The molecule has 1 aromatic rings. The van der Waals surface area contributed by atoms with Crippen molar-refractivity contribution in [3.8, 4) is 0 Å². The summed E-state index contributed by atoms with van der Waals surface area (Å²) in [5.41, 5.74) is 0. The van der Waals surface area contributed by atoms with Crippen molar-refractivity contribution >= 4 is 11.3 Å². The molecule has 0 amide bonds. The van der Waals surface area contributed by atoms with Gasteiger partial charge in [0.1, 0.15) is 16.6 Å². The van der Waals surface area contributed by atoms with Crippen molar-refractivity contribution in [2.24, 2.45) is 5.92 Å². The maximum absolute atomic E-state index is 11.9. The number of aromatic nitrogens is 2. The largest absolute Gasteiger partial charge is 0.411 e. The van der Waals surface area contributed by atoms with Gasteiger partial charge in [-0.2, -0.15) is 13.2 Å². The van der Waals surface area contributed by atoms with Crippen molar-refractivity contribution < 1.29 is 17.9 Å². The van der Waals surface area contributed by atoms with E-state index in [0.717, 1.165) is 24.5 Å². The highest BCUT2D eigenvalue weighted by molar-refractivity contribution is 7.11. The van der Waals surface area contributed by atoms with Gasteiger partial charge >= 0.3 is 6.18 Å². The Morgan fingerprint density at radius 2 is 1.85 bits per heavy atom. The van der Waals surface area contributed by atoms with Crippen LogP contribution in [0.15, 0.2) is 0 Å².